The minimum atomic E-state index is 0. The fraction of sp³-hybridized carbons (Fsp3) is 0.889. The van der Waals surface area contributed by atoms with Crippen molar-refractivity contribution < 1.29 is 4.79 Å². The second-order valence-corrected chi connectivity index (χ2v) is 7.04. The number of nitrogens with one attached hydrogen (secondary N) is 2. The lowest BCUT2D eigenvalue weighted by Crippen LogP contribution is -2.47. The Morgan fingerprint density at radius 2 is 1.72 bits per heavy atom. The molecular weight excluding hydrogens is 429 g/mol. The summed E-state index contributed by atoms with van der Waals surface area (Å²) in [6.07, 6.45) is 8.25. The van der Waals surface area contributed by atoms with Gasteiger partial charge in [0.2, 0.25) is 5.91 Å². The molecule has 0 aromatic heterocycles. The molecule has 0 unspecified atom stereocenters. The number of guanidine groups is 1. The third kappa shape index (κ3) is 8.11. The number of halogens is 1. The van der Waals surface area contributed by atoms with Gasteiger partial charge in [-0.1, -0.05) is 12.8 Å². The van der Waals surface area contributed by atoms with Crippen LogP contribution in [0.5, 0.6) is 0 Å². The average Bonchev–Trinajstić information content (AvgIpc) is 2.88. The predicted molar refractivity (Wildman–Crippen MR) is 115 cm³/mol. The molecule has 2 saturated heterocycles. The van der Waals surface area contributed by atoms with Crippen molar-refractivity contribution in [3.63, 3.8) is 0 Å². The van der Waals surface area contributed by atoms with Crippen molar-refractivity contribution in [3.8, 4) is 0 Å². The Morgan fingerprint density at radius 1 is 1.08 bits per heavy atom. The fourth-order valence-electron chi connectivity index (χ4n) is 3.73. The number of rotatable bonds is 5. The van der Waals surface area contributed by atoms with Crippen LogP contribution in [0, 0.1) is 5.92 Å². The van der Waals surface area contributed by atoms with E-state index in [-0.39, 0.29) is 29.9 Å². The summed E-state index contributed by atoms with van der Waals surface area (Å²) in [5, 5.41) is 6.26. The van der Waals surface area contributed by atoms with E-state index in [0.717, 1.165) is 45.0 Å². The van der Waals surface area contributed by atoms with Gasteiger partial charge < -0.3 is 20.4 Å². The van der Waals surface area contributed by atoms with Crippen LogP contribution in [0.3, 0.4) is 0 Å². The summed E-state index contributed by atoms with van der Waals surface area (Å²) in [6, 6.07) is 0. The van der Waals surface area contributed by atoms with Crippen LogP contribution in [0.2, 0.25) is 0 Å². The first-order valence-electron chi connectivity index (χ1n) is 9.61. The Balaban J connectivity index is 0.00000312. The van der Waals surface area contributed by atoms with Gasteiger partial charge in [0.05, 0.1) is 0 Å². The lowest BCUT2D eigenvalue weighted by molar-refractivity contribution is -0.121. The number of amides is 1. The molecule has 2 aliphatic heterocycles. The van der Waals surface area contributed by atoms with Crippen LogP contribution in [-0.4, -0.2) is 75.0 Å². The molecule has 2 heterocycles. The number of nitrogens with zero attached hydrogens (tertiary/aromatic N) is 3. The van der Waals surface area contributed by atoms with Crippen molar-refractivity contribution in [1.82, 2.24) is 20.4 Å². The Bertz CT molecular complexity index is 402. The fourth-order valence-corrected chi connectivity index (χ4v) is 3.73. The SMILES string of the molecule is CN=C(NCCN1CCCCCC1)N1CCC(CC(=O)NC)CC1.I. The zero-order valence-corrected chi connectivity index (χ0v) is 18.3. The molecular formula is C18H36IN5O. The molecule has 0 spiro atoms. The molecule has 0 aromatic carbocycles. The van der Waals surface area contributed by atoms with Crippen LogP contribution >= 0.6 is 24.0 Å². The zero-order valence-electron chi connectivity index (χ0n) is 15.9. The second kappa shape index (κ2) is 12.7. The molecule has 1 amide bonds. The van der Waals surface area contributed by atoms with Crippen LogP contribution < -0.4 is 10.6 Å². The Kier molecular flexibility index (Phi) is 11.4. The van der Waals surface area contributed by atoms with Crippen LogP contribution in [-0.2, 0) is 4.79 Å². The molecule has 2 N–H and O–H groups in total. The molecule has 6 nitrogen and oxygen atoms in total. The van der Waals surface area contributed by atoms with Crippen LogP contribution in [0.25, 0.3) is 0 Å². The zero-order chi connectivity index (χ0) is 17.2. The third-order valence-corrected chi connectivity index (χ3v) is 5.29. The molecule has 2 rings (SSSR count). The van der Waals surface area contributed by atoms with E-state index >= 15 is 0 Å². The van der Waals surface area contributed by atoms with E-state index in [4.69, 9.17) is 0 Å². The number of carbonyl (C=O) groups excluding carboxylic acids is 1. The molecule has 0 saturated carbocycles. The van der Waals surface area contributed by atoms with Gasteiger partial charge >= 0.3 is 0 Å². The number of carbonyl (C=O) groups is 1. The maximum Gasteiger partial charge on any atom is 0.220 e. The van der Waals surface area contributed by atoms with Crippen LogP contribution in [0.4, 0.5) is 0 Å². The monoisotopic (exact) mass is 465 g/mol. The van der Waals surface area contributed by atoms with Crippen molar-refractivity contribution in [1.29, 1.82) is 0 Å². The number of hydrogen-bond acceptors (Lipinski definition) is 3. The van der Waals surface area contributed by atoms with E-state index < -0.39 is 0 Å². The van der Waals surface area contributed by atoms with Gasteiger partial charge in [-0.15, -0.1) is 24.0 Å². The molecule has 0 radical (unpaired) electrons. The molecule has 0 bridgehead atoms. The Morgan fingerprint density at radius 3 is 2.28 bits per heavy atom. The van der Waals surface area contributed by atoms with Crippen molar-refractivity contribution in [2.75, 3.05) is 53.4 Å². The van der Waals surface area contributed by atoms with E-state index in [1.807, 2.05) is 7.05 Å². The summed E-state index contributed by atoms with van der Waals surface area (Å²) in [4.78, 5) is 20.9. The first-order valence-corrected chi connectivity index (χ1v) is 9.61. The van der Waals surface area contributed by atoms with E-state index in [0.29, 0.717) is 12.3 Å². The molecule has 2 aliphatic rings. The highest BCUT2D eigenvalue weighted by atomic mass is 127. The highest BCUT2D eigenvalue weighted by Crippen LogP contribution is 2.20. The summed E-state index contributed by atoms with van der Waals surface area (Å²) in [5.74, 6) is 1.69. The molecule has 25 heavy (non-hydrogen) atoms. The number of aliphatic imine (C=N–C) groups is 1. The Hall–Kier alpha value is -0.570. The summed E-state index contributed by atoms with van der Waals surface area (Å²) >= 11 is 0. The molecule has 0 atom stereocenters. The van der Waals surface area contributed by atoms with Gasteiger partial charge in [0.25, 0.3) is 0 Å². The molecule has 0 aliphatic carbocycles. The first kappa shape index (κ1) is 22.5. The highest BCUT2D eigenvalue weighted by Gasteiger charge is 2.23. The third-order valence-electron chi connectivity index (χ3n) is 5.29. The van der Waals surface area contributed by atoms with E-state index in [2.05, 4.69) is 25.4 Å². The van der Waals surface area contributed by atoms with Crippen molar-refractivity contribution in [3.05, 3.63) is 0 Å². The van der Waals surface area contributed by atoms with Gasteiger partial charge in [-0.2, -0.15) is 0 Å². The van der Waals surface area contributed by atoms with Gasteiger partial charge in [0.1, 0.15) is 0 Å². The summed E-state index contributed by atoms with van der Waals surface area (Å²) in [5.41, 5.74) is 0. The number of piperidine rings is 1. The predicted octanol–water partition coefficient (Wildman–Crippen LogP) is 1.90. The lowest BCUT2D eigenvalue weighted by Gasteiger charge is -2.34. The maximum absolute atomic E-state index is 11.5. The summed E-state index contributed by atoms with van der Waals surface area (Å²) in [7, 11) is 3.58. The molecule has 7 heteroatoms. The lowest BCUT2D eigenvalue weighted by atomic mass is 9.93. The van der Waals surface area contributed by atoms with Gasteiger partial charge in [-0.3, -0.25) is 9.79 Å². The number of likely N-dealkylation sites (tertiary alicyclic amines) is 2. The first-order chi connectivity index (χ1) is 11.7. The van der Waals surface area contributed by atoms with Crippen LogP contribution in [0.1, 0.15) is 44.9 Å². The maximum atomic E-state index is 11.5. The quantitative estimate of drug-likeness (QED) is 0.370. The molecule has 146 valence electrons. The second-order valence-electron chi connectivity index (χ2n) is 7.04. The van der Waals surface area contributed by atoms with Gasteiger partial charge in [-0.25, -0.2) is 0 Å². The molecule has 0 aromatic rings. The topological polar surface area (TPSA) is 60.0 Å². The minimum Gasteiger partial charge on any atom is -0.359 e. The minimum absolute atomic E-state index is 0. The van der Waals surface area contributed by atoms with E-state index in [1.165, 1.54) is 38.8 Å². The van der Waals surface area contributed by atoms with Crippen molar-refractivity contribution in [2.45, 2.75) is 44.9 Å². The average molecular weight is 465 g/mol. The standard InChI is InChI=1S/C18H35N5O.HI/c1-19-17(24)15-16-7-12-23(13-8-16)18(20-2)21-9-14-22-10-5-3-4-6-11-22;/h16H,3-15H2,1-2H3,(H,19,24)(H,20,21);1H. The largest absolute Gasteiger partial charge is 0.359 e. The van der Waals surface area contributed by atoms with E-state index in [9.17, 15) is 4.79 Å². The summed E-state index contributed by atoms with van der Waals surface area (Å²) in [6.45, 7) is 6.53. The van der Waals surface area contributed by atoms with Crippen LogP contribution in [0.15, 0.2) is 4.99 Å². The smallest absolute Gasteiger partial charge is 0.220 e. The Labute approximate surface area is 170 Å². The van der Waals surface area contributed by atoms with Crippen molar-refractivity contribution in [2.24, 2.45) is 10.9 Å². The summed E-state index contributed by atoms with van der Waals surface area (Å²) < 4.78 is 0. The molecule has 2 fully saturated rings. The van der Waals surface area contributed by atoms with Gasteiger partial charge in [0.15, 0.2) is 5.96 Å². The van der Waals surface area contributed by atoms with Crippen molar-refractivity contribution >= 4 is 35.8 Å². The normalized spacial score (nSPS) is 20.6. The highest BCUT2D eigenvalue weighted by molar-refractivity contribution is 14.0. The van der Waals surface area contributed by atoms with Gasteiger partial charge in [0, 0.05) is 46.7 Å². The van der Waals surface area contributed by atoms with Gasteiger partial charge in [-0.05, 0) is 44.7 Å². The van der Waals surface area contributed by atoms with E-state index in [1.54, 1.807) is 7.05 Å². The number of hydrogen-bond donors (Lipinski definition) is 2.